The molecule has 0 aliphatic heterocycles. The Kier molecular flexibility index (Phi) is 6.63. The highest BCUT2D eigenvalue weighted by atomic mass is 32.1. The molecule has 33 heavy (non-hydrogen) atoms. The molecule has 1 amide bonds. The van der Waals surface area contributed by atoms with Gasteiger partial charge in [-0.2, -0.15) is 5.26 Å². The highest BCUT2D eigenvalue weighted by Crippen LogP contribution is 2.12. The first-order chi connectivity index (χ1) is 16.1. The van der Waals surface area contributed by atoms with E-state index in [4.69, 9.17) is 0 Å². The molecule has 4 aromatic rings. The van der Waals surface area contributed by atoms with E-state index in [-0.39, 0.29) is 17.2 Å². The minimum absolute atomic E-state index is 0.101. The highest BCUT2D eigenvalue weighted by molar-refractivity contribution is 7.07. The van der Waals surface area contributed by atoms with Gasteiger partial charge in [0.15, 0.2) is 5.57 Å². The van der Waals surface area contributed by atoms with Gasteiger partial charge in [-0.05, 0) is 36.3 Å². The van der Waals surface area contributed by atoms with Gasteiger partial charge in [0.2, 0.25) is 0 Å². The smallest absolute Gasteiger partial charge is 0.273 e. The van der Waals surface area contributed by atoms with Crippen LogP contribution in [0.25, 0.3) is 17.3 Å². The van der Waals surface area contributed by atoms with Gasteiger partial charge in [-0.15, -0.1) is 11.3 Å². The average Bonchev–Trinajstić information content (AvgIpc) is 3.16. The van der Waals surface area contributed by atoms with E-state index >= 15 is 0 Å². The van der Waals surface area contributed by atoms with E-state index < -0.39 is 5.91 Å². The Balaban J connectivity index is 1.89. The fraction of sp³-hybridized carbons (Fsp3) is 0.0741. The van der Waals surface area contributed by atoms with Crippen LogP contribution in [-0.2, 0) is 4.79 Å². The van der Waals surface area contributed by atoms with E-state index in [0.29, 0.717) is 14.9 Å². The lowest BCUT2D eigenvalue weighted by atomic mass is 10.1. The van der Waals surface area contributed by atoms with Crippen molar-refractivity contribution >= 4 is 28.9 Å². The molecule has 0 fully saturated rings. The Morgan fingerprint density at radius 2 is 1.55 bits per heavy atom. The van der Waals surface area contributed by atoms with Gasteiger partial charge in [-0.1, -0.05) is 78.9 Å². The average molecular weight is 452 g/mol. The lowest BCUT2D eigenvalue weighted by Gasteiger charge is -2.13. The standard InChI is InChI=1S/C27H21N3O2S/c1-19(21-13-7-3-8-14-21)29-25(31)23(18-28)27-30(22-15-9-4-10-16-22)26(32)24(33-27)17-20-11-5-2-6-12-20/h2-17,19H,1H3,(H,29,31)/b24-17+,27-23-. The number of hydrogen-bond donors (Lipinski definition) is 1. The lowest BCUT2D eigenvalue weighted by molar-refractivity contribution is -0.116. The van der Waals surface area contributed by atoms with Crippen LogP contribution < -0.4 is 20.1 Å². The van der Waals surface area contributed by atoms with Crippen LogP contribution in [0.1, 0.15) is 24.1 Å². The van der Waals surface area contributed by atoms with Crippen molar-refractivity contribution in [3.63, 3.8) is 0 Å². The van der Waals surface area contributed by atoms with Gasteiger partial charge >= 0.3 is 0 Å². The van der Waals surface area contributed by atoms with E-state index in [1.165, 1.54) is 4.57 Å². The Labute approximate surface area is 195 Å². The number of benzene rings is 3. The maximum Gasteiger partial charge on any atom is 0.273 e. The topological polar surface area (TPSA) is 74.9 Å². The molecule has 4 rings (SSSR count). The summed E-state index contributed by atoms with van der Waals surface area (Å²) in [4.78, 5) is 26.5. The summed E-state index contributed by atoms with van der Waals surface area (Å²) in [6, 6.07) is 29.8. The number of nitrogens with one attached hydrogen (secondary N) is 1. The maximum absolute atomic E-state index is 13.4. The molecule has 0 bridgehead atoms. The molecule has 6 heteroatoms. The molecule has 1 unspecified atom stereocenters. The first-order valence-electron chi connectivity index (χ1n) is 10.4. The zero-order valence-electron chi connectivity index (χ0n) is 17.9. The maximum atomic E-state index is 13.4. The summed E-state index contributed by atoms with van der Waals surface area (Å²) in [5.74, 6) is -0.522. The molecule has 1 N–H and O–H groups in total. The van der Waals surface area contributed by atoms with E-state index in [1.807, 2.05) is 91.9 Å². The fourth-order valence-electron chi connectivity index (χ4n) is 3.45. The van der Waals surface area contributed by atoms with E-state index in [9.17, 15) is 14.9 Å². The quantitative estimate of drug-likeness (QED) is 0.506. The number of aromatic nitrogens is 1. The lowest BCUT2D eigenvalue weighted by Crippen LogP contribution is -2.34. The van der Waals surface area contributed by atoms with Crippen LogP contribution >= 0.6 is 11.3 Å². The van der Waals surface area contributed by atoms with Gasteiger partial charge in [0.05, 0.1) is 16.3 Å². The molecule has 162 valence electrons. The van der Waals surface area contributed by atoms with Crippen LogP contribution in [0.3, 0.4) is 0 Å². The monoisotopic (exact) mass is 451 g/mol. The number of thiazole rings is 1. The number of hydrogen-bond acceptors (Lipinski definition) is 4. The first-order valence-corrected chi connectivity index (χ1v) is 11.2. The Bertz CT molecular complexity index is 1480. The third-order valence-corrected chi connectivity index (χ3v) is 6.23. The zero-order chi connectivity index (χ0) is 23.2. The third kappa shape index (κ3) is 4.84. The molecular weight excluding hydrogens is 430 g/mol. The molecule has 0 spiro atoms. The van der Waals surface area contributed by atoms with Crippen molar-refractivity contribution in [2.45, 2.75) is 13.0 Å². The first kappa shape index (κ1) is 22.0. The molecule has 0 saturated heterocycles. The Morgan fingerprint density at radius 3 is 2.15 bits per heavy atom. The highest BCUT2D eigenvalue weighted by Gasteiger charge is 2.19. The van der Waals surface area contributed by atoms with Crippen molar-refractivity contribution in [1.82, 2.24) is 9.88 Å². The fourth-order valence-corrected chi connectivity index (χ4v) is 4.55. The third-order valence-electron chi connectivity index (χ3n) is 5.14. The van der Waals surface area contributed by atoms with Crippen molar-refractivity contribution in [3.8, 4) is 11.8 Å². The number of rotatable bonds is 5. The molecule has 0 aliphatic rings. The Morgan fingerprint density at radius 1 is 0.970 bits per heavy atom. The number of carbonyl (C=O) groups is 1. The van der Waals surface area contributed by atoms with Gasteiger partial charge in [0.1, 0.15) is 10.7 Å². The summed E-state index contributed by atoms with van der Waals surface area (Å²) in [5.41, 5.74) is 2.01. The van der Waals surface area contributed by atoms with Gasteiger partial charge in [0, 0.05) is 0 Å². The summed E-state index contributed by atoms with van der Waals surface area (Å²) >= 11 is 1.13. The van der Waals surface area contributed by atoms with Crippen LogP contribution in [0.2, 0.25) is 0 Å². The molecule has 0 saturated carbocycles. The predicted molar refractivity (Wildman–Crippen MR) is 131 cm³/mol. The number of nitrogens with zero attached hydrogens (tertiary/aromatic N) is 2. The summed E-state index contributed by atoms with van der Waals surface area (Å²) in [5, 5.41) is 12.8. The summed E-state index contributed by atoms with van der Waals surface area (Å²) in [6.07, 6.45) is 1.77. The molecule has 1 aromatic heterocycles. The van der Waals surface area contributed by atoms with Crippen LogP contribution in [0.4, 0.5) is 0 Å². The van der Waals surface area contributed by atoms with Crippen LogP contribution in [0.15, 0.2) is 95.8 Å². The predicted octanol–water partition coefficient (Wildman–Crippen LogP) is 3.28. The molecule has 1 atom stereocenters. The number of nitriles is 1. The number of amides is 1. The largest absolute Gasteiger partial charge is 0.345 e. The second kappa shape index (κ2) is 9.94. The minimum atomic E-state index is -0.522. The molecule has 1 heterocycles. The molecule has 0 radical (unpaired) electrons. The van der Waals surface area contributed by atoms with Gasteiger partial charge in [0.25, 0.3) is 11.5 Å². The molecular formula is C27H21N3O2S. The van der Waals surface area contributed by atoms with E-state index in [0.717, 1.165) is 22.5 Å². The van der Waals surface area contributed by atoms with Crippen molar-refractivity contribution in [2.24, 2.45) is 0 Å². The Hall–Kier alpha value is -4.21. The molecule has 3 aromatic carbocycles. The minimum Gasteiger partial charge on any atom is -0.345 e. The van der Waals surface area contributed by atoms with Crippen molar-refractivity contribution in [2.75, 3.05) is 0 Å². The van der Waals surface area contributed by atoms with Crippen molar-refractivity contribution < 1.29 is 4.79 Å². The van der Waals surface area contributed by atoms with Crippen molar-refractivity contribution in [1.29, 1.82) is 5.26 Å². The molecule has 5 nitrogen and oxygen atoms in total. The van der Waals surface area contributed by atoms with Crippen LogP contribution in [-0.4, -0.2) is 10.5 Å². The summed E-state index contributed by atoms with van der Waals surface area (Å²) in [6.45, 7) is 1.86. The van der Waals surface area contributed by atoms with Crippen LogP contribution in [0.5, 0.6) is 0 Å². The second-order valence-corrected chi connectivity index (χ2v) is 8.43. The van der Waals surface area contributed by atoms with E-state index in [1.54, 1.807) is 18.2 Å². The SMILES string of the molecule is CC(NC(=O)/C(C#N)=c1\s/c(=C/c2ccccc2)c(=O)n1-c1ccccc1)c1ccccc1. The van der Waals surface area contributed by atoms with Gasteiger partial charge in [-0.3, -0.25) is 14.2 Å². The normalized spacial score (nSPS) is 13.2. The summed E-state index contributed by atoms with van der Waals surface area (Å²) < 4.78 is 2.18. The van der Waals surface area contributed by atoms with Crippen molar-refractivity contribution in [3.05, 3.63) is 122 Å². The van der Waals surface area contributed by atoms with Crippen LogP contribution in [0, 0.1) is 11.3 Å². The number of carbonyl (C=O) groups excluding carboxylic acids is 1. The molecule has 0 aliphatic carbocycles. The zero-order valence-corrected chi connectivity index (χ0v) is 18.8. The summed E-state index contributed by atoms with van der Waals surface area (Å²) in [7, 11) is 0. The van der Waals surface area contributed by atoms with E-state index in [2.05, 4.69) is 5.32 Å². The second-order valence-electron chi connectivity index (χ2n) is 7.40. The van der Waals surface area contributed by atoms with Gasteiger partial charge < -0.3 is 5.32 Å². The number of para-hydroxylation sites is 1. The van der Waals surface area contributed by atoms with Gasteiger partial charge in [-0.25, -0.2) is 0 Å².